The van der Waals surface area contributed by atoms with Gasteiger partial charge in [-0.2, -0.15) is 0 Å². The lowest BCUT2D eigenvalue weighted by Crippen LogP contribution is -2.11. The molecule has 0 aliphatic heterocycles. The third kappa shape index (κ3) is 15.0. The van der Waals surface area contributed by atoms with Gasteiger partial charge in [-0.15, -0.1) is 0 Å². The summed E-state index contributed by atoms with van der Waals surface area (Å²) in [5.74, 6) is -0.366. The first-order chi connectivity index (χ1) is 6.95. The van der Waals surface area contributed by atoms with Gasteiger partial charge in [0, 0.05) is 5.57 Å². The zero-order chi connectivity index (χ0) is 12.3. The number of ether oxygens (including phenoxy) is 2. The zero-order valence-corrected chi connectivity index (χ0v) is 9.12. The van der Waals surface area contributed by atoms with Gasteiger partial charge < -0.3 is 15.2 Å². The Morgan fingerprint density at radius 3 is 2.13 bits per heavy atom. The molecule has 0 saturated carbocycles. The maximum Gasteiger partial charge on any atom is 0.404 e. The van der Waals surface area contributed by atoms with Gasteiger partial charge >= 0.3 is 12.1 Å². The highest BCUT2D eigenvalue weighted by Gasteiger charge is 1.98. The maximum absolute atomic E-state index is 10.5. The molecule has 0 heterocycles. The van der Waals surface area contributed by atoms with Crippen molar-refractivity contribution in [2.24, 2.45) is 5.73 Å². The van der Waals surface area contributed by atoms with Gasteiger partial charge in [-0.05, 0) is 13.8 Å². The first-order valence-corrected chi connectivity index (χ1v) is 4.31. The lowest BCUT2D eigenvalue weighted by molar-refractivity contribution is -0.137. The summed E-state index contributed by atoms with van der Waals surface area (Å²) in [6.07, 6.45) is 0.804. The van der Waals surface area contributed by atoms with Crippen molar-refractivity contribution in [3.63, 3.8) is 0 Å². The molecule has 0 fully saturated rings. The van der Waals surface area contributed by atoms with E-state index in [2.05, 4.69) is 28.4 Å². The van der Waals surface area contributed by atoms with Crippen LogP contribution in [0.3, 0.4) is 0 Å². The second-order valence-corrected chi connectivity index (χ2v) is 2.42. The molecule has 15 heavy (non-hydrogen) atoms. The number of carbonyl (C=O) groups is 2. The van der Waals surface area contributed by atoms with Gasteiger partial charge in [0.25, 0.3) is 0 Å². The third-order valence-electron chi connectivity index (χ3n) is 0.967. The number of hydrogen-bond donors (Lipinski definition) is 1. The summed E-state index contributed by atoms with van der Waals surface area (Å²) in [6, 6.07) is 0. The number of esters is 1. The molecule has 0 radical (unpaired) electrons. The molecule has 0 aromatic heterocycles. The van der Waals surface area contributed by atoms with Crippen LogP contribution in [0.2, 0.25) is 0 Å². The summed E-state index contributed by atoms with van der Waals surface area (Å²) < 4.78 is 8.78. The van der Waals surface area contributed by atoms with E-state index in [1.54, 1.807) is 13.8 Å². The minimum absolute atomic E-state index is 0.256. The fourth-order valence-corrected chi connectivity index (χ4v) is 0.400. The molecule has 1 amide bonds. The number of rotatable bonds is 4. The van der Waals surface area contributed by atoms with Crippen LogP contribution in [-0.2, 0) is 14.3 Å². The number of carbonyl (C=O) groups excluding carboxylic acids is 2. The van der Waals surface area contributed by atoms with Crippen LogP contribution >= 0.6 is 0 Å². The predicted molar refractivity (Wildman–Crippen MR) is 57.2 cm³/mol. The average Bonchev–Trinajstić information content (AvgIpc) is 2.14. The Bertz CT molecular complexity index is 236. The highest BCUT2D eigenvalue weighted by atomic mass is 16.5. The minimum Gasteiger partial charge on any atom is -0.458 e. The van der Waals surface area contributed by atoms with Crippen molar-refractivity contribution >= 4 is 12.1 Å². The second kappa shape index (κ2) is 10.3. The van der Waals surface area contributed by atoms with Crippen LogP contribution in [0.4, 0.5) is 4.79 Å². The van der Waals surface area contributed by atoms with E-state index in [1.807, 2.05) is 0 Å². The molecule has 2 N–H and O–H groups in total. The fraction of sp³-hybridized carbons (Fsp3) is 0.400. The minimum atomic E-state index is -0.711. The van der Waals surface area contributed by atoms with Gasteiger partial charge in [-0.3, -0.25) is 0 Å². The molecule has 0 aromatic rings. The molecular weight excluding hydrogens is 198 g/mol. The van der Waals surface area contributed by atoms with Gasteiger partial charge in [0.05, 0.1) is 6.61 Å². The van der Waals surface area contributed by atoms with Crippen molar-refractivity contribution in [3.05, 3.63) is 24.8 Å². The first-order valence-electron chi connectivity index (χ1n) is 4.31. The summed E-state index contributed by atoms with van der Waals surface area (Å²) in [5, 5.41) is 0. The molecule has 0 aliphatic carbocycles. The molecule has 0 rings (SSSR count). The van der Waals surface area contributed by atoms with E-state index in [1.165, 1.54) is 6.08 Å². The van der Waals surface area contributed by atoms with E-state index < -0.39 is 6.09 Å². The SMILES string of the molecule is C=CCOC(=O)C(=C)C.CCOC(N)=O. The molecule has 0 spiro atoms. The van der Waals surface area contributed by atoms with Gasteiger partial charge in [-0.1, -0.05) is 19.2 Å². The van der Waals surface area contributed by atoms with E-state index in [9.17, 15) is 9.59 Å². The van der Waals surface area contributed by atoms with Crippen LogP contribution < -0.4 is 5.73 Å². The van der Waals surface area contributed by atoms with E-state index in [-0.39, 0.29) is 12.6 Å². The Morgan fingerprint density at radius 1 is 1.40 bits per heavy atom. The average molecular weight is 215 g/mol. The number of nitrogens with two attached hydrogens (primary N) is 1. The van der Waals surface area contributed by atoms with Gasteiger partial charge in [-0.25, -0.2) is 9.59 Å². The number of primary amides is 1. The third-order valence-corrected chi connectivity index (χ3v) is 0.967. The smallest absolute Gasteiger partial charge is 0.404 e. The van der Waals surface area contributed by atoms with Crippen LogP contribution in [0.15, 0.2) is 24.8 Å². The summed E-state index contributed by atoms with van der Waals surface area (Å²) in [7, 11) is 0. The second-order valence-electron chi connectivity index (χ2n) is 2.42. The summed E-state index contributed by atoms with van der Waals surface area (Å²) >= 11 is 0. The van der Waals surface area contributed by atoms with Crippen molar-refractivity contribution in [2.75, 3.05) is 13.2 Å². The molecule has 0 unspecified atom stereocenters. The summed E-state index contributed by atoms with van der Waals surface area (Å²) in [5.41, 5.74) is 4.96. The normalized spacial score (nSPS) is 7.87. The zero-order valence-electron chi connectivity index (χ0n) is 9.12. The molecule has 0 aromatic carbocycles. The summed E-state index contributed by atoms with van der Waals surface area (Å²) in [6.45, 7) is 10.7. The number of amides is 1. The Hall–Kier alpha value is -1.78. The van der Waals surface area contributed by atoms with Crippen molar-refractivity contribution in [1.29, 1.82) is 0 Å². The van der Waals surface area contributed by atoms with Crippen LogP contribution in [-0.4, -0.2) is 25.3 Å². The van der Waals surface area contributed by atoms with Gasteiger partial charge in [0.1, 0.15) is 6.61 Å². The van der Waals surface area contributed by atoms with E-state index in [0.717, 1.165) is 0 Å². The molecular formula is C10H17NO4. The Kier molecular flexibility index (Phi) is 10.8. The van der Waals surface area contributed by atoms with E-state index in [4.69, 9.17) is 0 Å². The Labute approximate surface area is 89.5 Å². The lowest BCUT2D eigenvalue weighted by atomic mass is 10.4. The van der Waals surface area contributed by atoms with Crippen molar-refractivity contribution < 1.29 is 19.1 Å². The van der Waals surface area contributed by atoms with Gasteiger partial charge in [0.2, 0.25) is 0 Å². The van der Waals surface area contributed by atoms with Crippen molar-refractivity contribution in [2.45, 2.75) is 13.8 Å². The highest BCUT2D eigenvalue weighted by Crippen LogP contribution is 1.90. The van der Waals surface area contributed by atoms with Crippen LogP contribution in [0.25, 0.3) is 0 Å². The quantitative estimate of drug-likeness (QED) is 0.436. The largest absolute Gasteiger partial charge is 0.458 e. The molecule has 0 atom stereocenters. The Morgan fingerprint density at radius 2 is 1.93 bits per heavy atom. The van der Waals surface area contributed by atoms with E-state index >= 15 is 0 Å². The highest BCUT2D eigenvalue weighted by molar-refractivity contribution is 5.86. The number of hydrogen-bond acceptors (Lipinski definition) is 4. The van der Waals surface area contributed by atoms with Crippen LogP contribution in [0.5, 0.6) is 0 Å². The molecule has 86 valence electrons. The first kappa shape index (κ1) is 15.7. The molecule has 5 heteroatoms. The Balaban J connectivity index is 0. The molecule has 0 bridgehead atoms. The van der Waals surface area contributed by atoms with Crippen molar-refractivity contribution in [3.8, 4) is 0 Å². The maximum atomic E-state index is 10.5. The van der Waals surface area contributed by atoms with Crippen LogP contribution in [0, 0.1) is 0 Å². The summed E-state index contributed by atoms with van der Waals surface area (Å²) in [4.78, 5) is 20.1. The molecule has 5 nitrogen and oxygen atoms in total. The fourth-order valence-electron chi connectivity index (χ4n) is 0.400. The topological polar surface area (TPSA) is 78.6 Å². The molecule has 0 aliphatic rings. The van der Waals surface area contributed by atoms with Crippen LogP contribution in [0.1, 0.15) is 13.8 Å². The predicted octanol–water partition coefficient (Wildman–Crippen LogP) is 1.39. The van der Waals surface area contributed by atoms with E-state index in [0.29, 0.717) is 12.2 Å². The standard InChI is InChI=1S/C7H10O2.C3H7NO2/c1-4-5-9-7(8)6(2)3;1-2-6-3(4)5/h4H,1-2,5H2,3H3;2H2,1H3,(H2,4,5). The van der Waals surface area contributed by atoms with Gasteiger partial charge in [0.15, 0.2) is 0 Å². The van der Waals surface area contributed by atoms with Crippen molar-refractivity contribution in [1.82, 2.24) is 0 Å². The monoisotopic (exact) mass is 215 g/mol. The molecule has 0 saturated heterocycles. The lowest BCUT2D eigenvalue weighted by Gasteiger charge is -1.97.